The number of likely N-dealkylation sites (tertiary alicyclic amines) is 1. The van der Waals surface area contributed by atoms with E-state index in [2.05, 4.69) is 0 Å². The van der Waals surface area contributed by atoms with Crippen LogP contribution in [0, 0.1) is 5.82 Å². The number of halogens is 1. The maximum atomic E-state index is 12.6. The smallest absolute Gasteiger partial charge is 0.326 e. The van der Waals surface area contributed by atoms with Crippen LogP contribution >= 0.6 is 0 Å². The predicted molar refractivity (Wildman–Crippen MR) is 53.5 cm³/mol. The number of amides is 1. The maximum Gasteiger partial charge on any atom is 0.326 e. The molecule has 1 aliphatic heterocycles. The van der Waals surface area contributed by atoms with E-state index < -0.39 is 17.8 Å². The van der Waals surface area contributed by atoms with E-state index in [0.29, 0.717) is 18.5 Å². The van der Waals surface area contributed by atoms with Crippen LogP contribution in [0.5, 0.6) is 0 Å². The number of carbonyl (C=O) groups is 2. The molecule has 1 aromatic rings. The molecule has 1 saturated heterocycles. The summed E-state index contributed by atoms with van der Waals surface area (Å²) >= 11 is 0. The van der Waals surface area contributed by atoms with E-state index in [1.807, 2.05) is 0 Å². The normalized spacial score (nSPS) is 19.1. The lowest BCUT2D eigenvalue weighted by Gasteiger charge is -2.37. The van der Waals surface area contributed by atoms with Crippen LogP contribution in [0.1, 0.15) is 16.8 Å². The van der Waals surface area contributed by atoms with Crippen molar-refractivity contribution in [2.24, 2.45) is 0 Å². The molecule has 0 saturated carbocycles. The minimum Gasteiger partial charge on any atom is -0.480 e. The number of hydrogen-bond donors (Lipinski definition) is 1. The van der Waals surface area contributed by atoms with Gasteiger partial charge >= 0.3 is 5.97 Å². The molecule has 0 aliphatic carbocycles. The molecule has 1 aromatic carbocycles. The van der Waals surface area contributed by atoms with E-state index in [4.69, 9.17) is 5.11 Å². The summed E-state index contributed by atoms with van der Waals surface area (Å²) in [5.41, 5.74) is 0.312. The highest BCUT2D eigenvalue weighted by atomic mass is 19.1. The van der Waals surface area contributed by atoms with Gasteiger partial charge in [-0.1, -0.05) is 0 Å². The second-order valence-electron chi connectivity index (χ2n) is 3.65. The molecule has 0 aromatic heterocycles. The van der Waals surface area contributed by atoms with Gasteiger partial charge in [-0.3, -0.25) is 4.79 Å². The molecule has 4 nitrogen and oxygen atoms in total. The third kappa shape index (κ3) is 1.76. The lowest BCUT2D eigenvalue weighted by molar-refractivity contribution is -0.146. The minimum atomic E-state index is -0.998. The quantitative estimate of drug-likeness (QED) is 0.817. The monoisotopic (exact) mass is 223 g/mol. The van der Waals surface area contributed by atoms with E-state index in [1.165, 1.54) is 29.2 Å². The highest BCUT2D eigenvalue weighted by Crippen LogP contribution is 2.20. The number of nitrogens with zero attached hydrogens (tertiary/aromatic N) is 1. The zero-order valence-corrected chi connectivity index (χ0v) is 8.39. The first-order valence-electron chi connectivity index (χ1n) is 4.89. The van der Waals surface area contributed by atoms with E-state index in [9.17, 15) is 14.0 Å². The summed E-state index contributed by atoms with van der Waals surface area (Å²) in [6, 6.07) is 4.34. The largest absolute Gasteiger partial charge is 0.480 e. The summed E-state index contributed by atoms with van der Waals surface area (Å²) in [6.45, 7) is 0.438. The number of benzene rings is 1. The molecule has 1 fully saturated rings. The first-order valence-corrected chi connectivity index (χ1v) is 4.89. The Kier molecular flexibility index (Phi) is 2.60. The Morgan fingerprint density at radius 3 is 2.38 bits per heavy atom. The van der Waals surface area contributed by atoms with Gasteiger partial charge in [0.05, 0.1) is 0 Å². The number of carboxylic acid groups (broad SMARTS) is 1. The first kappa shape index (κ1) is 10.6. The van der Waals surface area contributed by atoms with Gasteiger partial charge in [0.15, 0.2) is 0 Å². The van der Waals surface area contributed by atoms with Crippen molar-refractivity contribution in [3.05, 3.63) is 35.6 Å². The number of aliphatic carboxylic acids is 1. The summed E-state index contributed by atoms with van der Waals surface area (Å²) < 4.78 is 12.6. The molecule has 0 bridgehead atoms. The highest BCUT2D eigenvalue weighted by molar-refractivity contribution is 5.97. The van der Waals surface area contributed by atoms with E-state index >= 15 is 0 Å². The first-order chi connectivity index (χ1) is 7.59. The number of carboxylic acids is 1. The number of rotatable bonds is 2. The third-order valence-electron chi connectivity index (χ3n) is 2.66. The summed E-state index contributed by atoms with van der Waals surface area (Å²) in [4.78, 5) is 23.8. The van der Waals surface area contributed by atoms with E-state index in [0.717, 1.165) is 0 Å². The topological polar surface area (TPSA) is 57.6 Å². The molecule has 1 amide bonds. The molecular weight excluding hydrogens is 213 g/mol. The molecule has 0 spiro atoms. The van der Waals surface area contributed by atoms with Gasteiger partial charge in [-0.25, -0.2) is 9.18 Å². The zero-order chi connectivity index (χ0) is 11.7. The second kappa shape index (κ2) is 3.92. The van der Waals surface area contributed by atoms with Crippen LogP contribution in [-0.2, 0) is 4.79 Å². The fourth-order valence-electron chi connectivity index (χ4n) is 1.65. The van der Waals surface area contributed by atoms with Gasteiger partial charge in [0.1, 0.15) is 11.9 Å². The second-order valence-corrected chi connectivity index (χ2v) is 3.65. The van der Waals surface area contributed by atoms with Crippen LogP contribution in [0.25, 0.3) is 0 Å². The Morgan fingerprint density at radius 2 is 1.94 bits per heavy atom. The van der Waals surface area contributed by atoms with Crippen LogP contribution in [0.4, 0.5) is 4.39 Å². The van der Waals surface area contributed by atoms with Crippen LogP contribution in [0.3, 0.4) is 0 Å². The Bertz CT molecular complexity index is 429. The molecule has 84 valence electrons. The standard InChI is InChI=1S/C11H10FNO3/c12-8-3-1-7(2-4-8)10(14)13-6-5-9(13)11(15)16/h1-4,9H,5-6H2,(H,15,16). The van der Waals surface area contributed by atoms with Crippen molar-refractivity contribution in [2.75, 3.05) is 6.54 Å². The fourth-order valence-corrected chi connectivity index (χ4v) is 1.65. The number of hydrogen-bond acceptors (Lipinski definition) is 2. The van der Waals surface area contributed by atoms with Gasteiger partial charge in [0.2, 0.25) is 0 Å². The van der Waals surface area contributed by atoms with Crippen molar-refractivity contribution < 1.29 is 19.1 Å². The molecule has 1 unspecified atom stereocenters. The van der Waals surface area contributed by atoms with Gasteiger partial charge in [0.25, 0.3) is 5.91 Å². The van der Waals surface area contributed by atoms with Gasteiger partial charge < -0.3 is 10.0 Å². The molecule has 1 atom stereocenters. The van der Waals surface area contributed by atoms with Crippen LogP contribution in [0.2, 0.25) is 0 Å². The van der Waals surface area contributed by atoms with Gasteiger partial charge in [-0.2, -0.15) is 0 Å². The van der Waals surface area contributed by atoms with Crippen molar-refractivity contribution in [2.45, 2.75) is 12.5 Å². The van der Waals surface area contributed by atoms with Crippen molar-refractivity contribution >= 4 is 11.9 Å². The Labute approximate surface area is 91.3 Å². The van der Waals surface area contributed by atoms with Gasteiger partial charge in [0, 0.05) is 12.1 Å². The van der Waals surface area contributed by atoms with Gasteiger partial charge in [-0.05, 0) is 30.7 Å². The fraction of sp³-hybridized carbons (Fsp3) is 0.273. The summed E-state index contributed by atoms with van der Waals surface area (Å²) in [7, 11) is 0. The highest BCUT2D eigenvalue weighted by Gasteiger charge is 2.37. The van der Waals surface area contributed by atoms with Crippen molar-refractivity contribution in [3.63, 3.8) is 0 Å². The van der Waals surface area contributed by atoms with Crippen LogP contribution < -0.4 is 0 Å². The summed E-state index contributed by atoms with van der Waals surface area (Å²) in [5, 5.41) is 8.79. The van der Waals surface area contributed by atoms with E-state index in [1.54, 1.807) is 0 Å². The SMILES string of the molecule is O=C(O)C1CCN1C(=O)c1ccc(F)cc1. The van der Waals surface area contributed by atoms with Crippen LogP contribution in [-0.4, -0.2) is 34.5 Å². The van der Waals surface area contributed by atoms with E-state index in [-0.39, 0.29) is 5.91 Å². The predicted octanol–water partition coefficient (Wildman–Crippen LogP) is 1.12. The van der Waals surface area contributed by atoms with Crippen molar-refractivity contribution in [1.29, 1.82) is 0 Å². The van der Waals surface area contributed by atoms with Gasteiger partial charge in [-0.15, -0.1) is 0 Å². The average molecular weight is 223 g/mol. The molecule has 1 N–H and O–H groups in total. The molecule has 0 radical (unpaired) electrons. The lowest BCUT2D eigenvalue weighted by atomic mass is 10.0. The zero-order valence-electron chi connectivity index (χ0n) is 8.39. The Morgan fingerprint density at radius 1 is 1.31 bits per heavy atom. The minimum absolute atomic E-state index is 0.312. The van der Waals surface area contributed by atoms with Crippen LogP contribution in [0.15, 0.2) is 24.3 Å². The number of carbonyl (C=O) groups excluding carboxylic acids is 1. The molecule has 2 rings (SSSR count). The van der Waals surface area contributed by atoms with Crippen molar-refractivity contribution in [3.8, 4) is 0 Å². The Hall–Kier alpha value is -1.91. The maximum absolute atomic E-state index is 12.6. The lowest BCUT2D eigenvalue weighted by Crippen LogP contribution is -2.55. The third-order valence-corrected chi connectivity index (χ3v) is 2.66. The summed E-state index contributed by atoms with van der Waals surface area (Å²) in [6.07, 6.45) is 0.474. The molecular formula is C11H10FNO3. The average Bonchev–Trinajstić information content (AvgIpc) is 2.15. The molecule has 1 heterocycles. The summed E-state index contributed by atoms with van der Waals surface area (Å²) in [5.74, 6) is -1.78. The Balaban J connectivity index is 2.14. The molecule has 1 aliphatic rings. The molecule has 5 heteroatoms. The molecule has 16 heavy (non-hydrogen) atoms. The van der Waals surface area contributed by atoms with Crippen molar-refractivity contribution in [1.82, 2.24) is 4.90 Å².